The predicted molar refractivity (Wildman–Crippen MR) is 160 cm³/mol. The first kappa shape index (κ1) is 33.9. The Balaban J connectivity index is 1.63. The summed E-state index contributed by atoms with van der Waals surface area (Å²) in [5, 5.41) is 25.8. The highest BCUT2D eigenvalue weighted by Crippen LogP contribution is 2.35. The molecule has 0 bridgehead atoms. The van der Waals surface area contributed by atoms with Crippen LogP contribution in [0.2, 0.25) is 0 Å². The second-order valence-electron chi connectivity index (χ2n) is 10.9. The number of nitrogens with one attached hydrogen (secondary N) is 2. The molecule has 2 atom stereocenters. The number of rotatable bonds is 18. The SMILES string of the molecule is CCCCNC(=O)CCCOc1ccc(C[C@H](NC(=O)O)[C@@H](O)CN(CC(C)C)S(=O)(=O)c2ccc3c(c2)OCO3)cc1. The Morgan fingerprint density at radius 2 is 1.77 bits per heavy atom. The van der Waals surface area contributed by atoms with E-state index in [0.717, 1.165) is 22.7 Å². The molecule has 0 radical (unpaired) electrons. The van der Waals surface area contributed by atoms with E-state index in [0.29, 0.717) is 43.2 Å². The summed E-state index contributed by atoms with van der Waals surface area (Å²) in [6, 6.07) is 10.3. The van der Waals surface area contributed by atoms with E-state index in [-0.39, 0.29) is 43.0 Å². The summed E-state index contributed by atoms with van der Waals surface area (Å²) >= 11 is 0. The molecule has 4 N–H and O–H groups in total. The summed E-state index contributed by atoms with van der Waals surface area (Å²) in [5.74, 6) is 1.29. The number of carbonyl (C=O) groups is 2. The van der Waals surface area contributed by atoms with Crippen molar-refractivity contribution in [2.45, 2.75) is 69.9 Å². The number of unbranched alkanes of at least 4 members (excludes halogenated alkanes) is 1. The molecule has 12 nitrogen and oxygen atoms in total. The van der Waals surface area contributed by atoms with Crippen molar-refractivity contribution in [2.24, 2.45) is 5.92 Å². The molecule has 1 aliphatic rings. The van der Waals surface area contributed by atoms with E-state index in [1.165, 1.54) is 18.2 Å². The van der Waals surface area contributed by atoms with Crippen LogP contribution in [-0.2, 0) is 21.2 Å². The molecule has 0 saturated heterocycles. The van der Waals surface area contributed by atoms with Gasteiger partial charge in [-0.2, -0.15) is 4.31 Å². The Kier molecular flexibility index (Phi) is 12.9. The van der Waals surface area contributed by atoms with Gasteiger partial charge in [-0.1, -0.05) is 39.3 Å². The molecule has 0 aromatic heterocycles. The van der Waals surface area contributed by atoms with E-state index in [1.807, 2.05) is 13.8 Å². The molecule has 43 heavy (non-hydrogen) atoms. The average molecular weight is 622 g/mol. The van der Waals surface area contributed by atoms with Crippen LogP contribution < -0.4 is 24.8 Å². The van der Waals surface area contributed by atoms with Crippen LogP contribution >= 0.6 is 0 Å². The molecule has 0 saturated carbocycles. The predicted octanol–water partition coefficient (Wildman–Crippen LogP) is 3.38. The van der Waals surface area contributed by atoms with Crippen LogP contribution in [-0.4, -0.2) is 80.1 Å². The molecule has 2 aromatic carbocycles. The molecule has 13 heteroatoms. The fourth-order valence-corrected chi connectivity index (χ4v) is 6.17. The minimum atomic E-state index is -4.05. The van der Waals surface area contributed by atoms with Crippen LogP contribution in [0.25, 0.3) is 0 Å². The molecule has 3 rings (SSSR count). The highest BCUT2D eigenvalue weighted by molar-refractivity contribution is 7.89. The number of ether oxygens (including phenoxy) is 3. The molecule has 2 aromatic rings. The highest BCUT2D eigenvalue weighted by atomic mass is 32.2. The Morgan fingerprint density at radius 1 is 1.05 bits per heavy atom. The van der Waals surface area contributed by atoms with Gasteiger partial charge >= 0.3 is 6.09 Å². The summed E-state index contributed by atoms with van der Waals surface area (Å²) in [7, 11) is -4.05. The van der Waals surface area contributed by atoms with Gasteiger partial charge in [-0.15, -0.1) is 0 Å². The van der Waals surface area contributed by atoms with Crippen molar-refractivity contribution in [1.29, 1.82) is 0 Å². The third-order valence-corrected chi connectivity index (χ3v) is 8.59. The summed E-state index contributed by atoms with van der Waals surface area (Å²) in [4.78, 5) is 23.4. The monoisotopic (exact) mass is 621 g/mol. The van der Waals surface area contributed by atoms with Crippen molar-refractivity contribution in [3.63, 3.8) is 0 Å². The molecule has 0 fully saturated rings. The van der Waals surface area contributed by atoms with Crippen molar-refractivity contribution in [3.05, 3.63) is 48.0 Å². The first-order valence-corrected chi connectivity index (χ1v) is 16.0. The highest BCUT2D eigenvalue weighted by Gasteiger charge is 2.32. The van der Waals surface area contributed by atoms with Gasteiger partial charge in [-0.25, -0.2) is 13.2 Å². The van der Waals surface area contributed by atoms with Gasteiger partial charge in [-0.05, 0) is 55.0 Å². The second-order valence-corrected chi connectivity index (χ2v) is 12.8. The molecule has 1 aliphatic heterocycles. The maximum absolute atomic E-state index is 13.6. The van der Waals surface area contributed by atoms with Crippen molar-refractivity contribution in [2.75, 3.05) is 33.0 Å². The number of aliphatic hydroxyl groups excluding tert-OH is 1. The van der Waals surface area contributed by atoms with Crippen LogP contribution in [0.3, 0.4) is 0 Å². The Labute approximate surface area is 253 Å². The zero-order valence-corrected chi connectivity index (χ0v) is 25.8. The van der Waals surface area contributed by atoms with Crippen molar-refractivity contribution >= 4 is 22.0 Å². The van der Waals surface area contributed by atoms with Gasteiger partial charge in [-0.3, -0.25) is 4.79 Å². The van der Waals surface area contributed by atoms with Gasteiger partial charge in [0, 0.05) is 32.1 Å². The Morgan fingerprint density at radius 3 is 2.44 bits per heavy atom. The minimum absolute atomic E-state index is 0.000809. The number of aliphatic hydroxyl groups is 1. The van der Waals surface area contributed by atoms with Gasteiger partial charge in [0.1, 0.15) is 5.75 Å². The lowest BCUT2D eigenvalue weighted by atomic mass is 10.0. The molecule has 1 heterocycles. The van der Waals surface area contributed by atoms with E-state index in [1.54, 1.807) is 24.3 Å². The normalized spacial score (nSPS) is 14.0. The maximum Gasteiger partial charge on any atom is 0.404 e. The summed E-state index contributed by atoms with van der Waals surface area (Å²) < 4.78 is 44.7. The van der Waals surface area contributed by atoms with E-state index >= 15 is 0 Å². The standard InChI is InChI=1S/C30H43N3O9S/c1-4-5-14-31-29(35)7-6-15-40-23-10-8-22(9-11-23)16-25(32-30(36)37)26(34)19-33(18-21(2)3)43(38,39)24-12-13-27-28(17-24)42-20-41-27/h8-13,17,21,25-26,32,34H,4-7,14-16,18-20H2,1-3H3,(H,31,35)(H,36,37)/t25-,26-/m0/s1. The molecular formula is C30H43N3O9S. The number of carbonyl (C=O) groups excluding carboxylic acids is 1. The number of hydrogen-bond donors (Lipinski definition) is 4. The third kappa shape index (κ3) is 10.6. The van der Waals surface area contributed by atoms with Gasteiger partial charge in [0.25, 0.3) is 0 Å². The quantitative estimate of drug-likeness (QED) is 0.183. The van der Waals surface area contributed by atoms with Crippen molar-refractivity contribution < 1.29 is 42.4 Å². The zero-order chi connectivity index (χ0) is 31.4. The molecule has 0 spiro atoms. The molecular weight excluding hydrogens is 578 g/mol. The van der Waals surface area contributed by atoms with Gasteiger partial charge in [0.2, 0.25) is 22.7 Å². The van der Waals surface area contributed by atoms with Crippen molar-refractivity contribution in [3.8, 4) is 17.2 Å². The first-order chi connectivity index (χ1) is 20.5. The Bertz CT molecular complexity index is 1300. The van der Waals surface area contributed by atoms with E-state index in [2.05, 4.69) is 17.6 Å². The largest absolute Gasteiger partial charge is 0.494 e. The van der Waals surface area contributed by atoms with Crippen LogP contribution in [0.5, 0.6) is 17.2 Å². The lowest BCUT2D eigenvalue weighted by molar-refractivity contribution is -0.121. The smallest absolute Gasteiger partial charge is 0.404 e. The zero-order valence-electron chi connectivity index (χ0n) is 25.0. The van der Waals surface area contributed by atoms with Crippen molar-refractivity contribution in [1.82, 2.24) is 14.9 Å². The minimum Gasteiger partial charge on any atom is -0.494 e. The molecule has 2 amide bonds. The summed E-state index contributed by atoms with van der Waals surface area (Å²) in [6.07, 6.45) is 0.344. The number of sulfonamides is 1. The lowest BCUT2D eigenvalue weighted by Gasteiger charge is -2.30. The third-order valence-electron chi connectivity index (χ3n) is 6.76. The van der Waals surface area contributed by atoms with Gasteiger partial charge < -0.3 is 35.1 Å². The first-order valence-electron chi connectivity index (χ1n) is 14.5. The fourth-order valence-electron chi connectivity index (χ4n) is 4.53. The van der Waals surface area contributed by atoms with E-state index in [4.69, 9.17) is 14.2 Å². The molecule has 238 valence electrons. The van der Waals surface area contributed by atoms with Crippen LogP contribution in [0.15, 0.2) is 47.4 Å². The number of fused-ring (bicyclic) bond motifs is 1. The van der Waals surface area contributed by atoms with Gasteiger partial charge in [0.15, 0.2) is 11.5 Å². The number of nitrogens with zero attached hydrogens (tertiary/aromatic N) is 1. The van der Waals surface area contributed by atoms with Gasteiger partial charge in [0.05, 0.1) is 23.6 Å². The van der Waals surface area contributed by atoms with Crippen LogP contribution in [0.4, 0.5) is 4.79 Å². The second kappa shape index (κ2) is 16.3. The lowest BCUT2D eigenvalue weighted by Crippen LogP contribution is -2.50. The summed E-state index contributed by atoms with van der Waals surface area (Å²) in [6.45, 7) is 6.60. The molecule has 0 unspecified atom stereocenters. The summed E-state index contributed by atoms with van der Waals surface area (Å²) in [5.41, 5.74) is 0.717. The maximum atomic E-state index is 13.6. The number of hydrogen-bond acceptors (Lipinski definition) is 8. The van der Waals surface area contributed by atoms with Crippen LogP contribution in [0.1, 0.15) is 52.0 Å². The topological polar surface area (TPSA) is 164 Å². The average Bonchev–Trinajstić information content (AvgIpc) is 3.43. The number of carboxylic acid groups (broad SMARTS) is 1. The number of benzene rings is 2. The van der Waals surface area contributed by atoms with E-state index in [9.17, 15) is 28.2 Å². The van der Waals surface area contributed by atoms with Crippen LogP contribution in [0, 0.1) is 5.92 Å². The van der Waals surface area contributed by atoms with E-state index < -0.39 is 28.3 Å². The molecule has 0 aliphatic carbocycles. The Hall–Kier alpha value is -3.55. The number of amides is 2. The fraction of sp³-hybridized carbons (Fsp3) is 0.533.